The Morgan fingerprint density at radius 2 is 1.94 bits per heavy atom. The van der Waals surface area contributed by atoms with Gasteiger partial charge in [0.05, 0.1) is 0 Å². The number of nitrogens with zero attached hydrogens (tertiary/aromatic N) is 2. The van der Waals surface area contributed by atoms with Gasteiger partial charge in [-0.05, 0) is 41.9 Å². The summed E-state index contributed by atoms with van der Waals surface area (Å²) in [5.41, 5.74) is 0.737. The lowest BCUT2D eigenvalue weighted by atomic mass is 10.3. The van der Waals surface area contributed by atoms with E-state index in [-0.39, 0.29) is 22.6 Å². The molecule has 17 heavy (non-hydrogen) atoms. The van der Waals surface area contributed by atoms with E-state index in [0.717, 1.165) is 0 Å². The Bertz CT molecular complexity index is 543. The summed E-state index contributed by atoms with van der Waals surface area (Å²) in [5, 5.41) is 11.7. The van der Waals surface area contributed by atoms with Crippen LogP contribution in [-0.4, -0.2) is 21.0 Å². The van der Waals surface area contributed by atoms with E-state index in [1.165, 1.54) is 24.4 Å². The third kappa shape index (κ3) is 2.92. The Morgan fingerprint density at radius 3 is 2.59 bits per heavy atom. The fourth-order valence-corrected chi connectivity index (χ4v) is 1.35. The highest BCUT2D eigenvalue weighted by Gasteiger charge is 2.08. The number of carbonyl (C=O) groups is 1. The molecule has 0 aliphatic rings. The summed E-state index contributed by atoms with van der Waals surface area (Å²) in [6.45, 7) is 0. The van der Waals surface area contributed by atoms with Crippen LogP contribution in [0.25, 0.3) is 0 Å². The Hall–Kier alpha value is -2.14. The third-order valence-corrected chi connectivity index (χ3v) is 2.17. The highest BCUT2D eigenvalue weighted by atomic mass is 35.5. The lowest BCUT2D eigenvalue weighted by Gasteiger charge is -2.04. The SMILES string of the molecule is O=C(Nc1ccc(O)cc1)c1ccnc(Cl)n1. The van der Waals surface area contributed by atoms with Gasteiger partial charge in [-0.15, -0.1) is 0 Å². The number of nitrogens with one attached hydrogen (secondary N) is 1. The first-order chi connectivity index (χ1) is 8.15. The van der Waals surface area contributed by atoms with Crippen molar-refractivity contribution < 1.29 is 9.90 Å². The van der Waals surface area contributed by atoms with Crippen LogP contribution in [0.15, 0.2) is 36.5 Å². The molecule has 0 spiro atoms. The molecule has 2 N–H and O–H groups in total. The lowest BCUT2D eigenvalue weighted by Crippen LogP contribution is -2.13. The number of benzene rings is 1. The number of phenolic OH excluding ortho intramolecular Hbond substituents is 1. The number of halogens is 1. The predicted molar refractivity (Wildman–Crippen MR) is 63.1 cm³/mol. The van der Waals surface area contributed by atoms with Crippen molar-refractivity contribution in [2.75, 3.05) is 5.32 Å². The van der Waals surface area contributed by atoms with E-state index in [2.05, 4.69) is 15.3 Å². The minimum absolute atomic E-state index is 0.0170. The number of hydrogen-bond donors (Lipinski definition) is 2. The first-order valence-electron chi connectivity index (χ1n) is 4.74. The maximum Gasteiger partial charge on any atom is 0.274 e. The zero-order valence-electron chi connectivity index (χ0n) is 8.59. The number of phenols is 1. The minimum Gasteiger partial charge on any atom is -0.508 e. The van der Waals surface area contributed by atoms with Crippen molar-refractivity contribution in [3.63, 3.8) is 0 Å². The maximum absolute atomic E-state index is 11.7. The van der Waals surface area contributed by atoms with Crippen molar-refractivity contribution in [3.8, 4) is 5.75 Å². The van der Waals surface area contributed by atoms with Crippen molar-refractivity contribution in [2.24, 2.45) is 0 Å². The van der Waals surface area contributed by atoms with Gasteiger partial charge in [-0.3, -0.25) is 4.79 Å². The van der Waals surface area contributed by atoms with Crippen LogP contribution in [0.4, 0.5) is 5.69 Å². The minimum atomic E-state index is -0.389. The van der Waals surface area contributed by atoms with Crippen LogP contribution in [0.1, 0.15) is 10.5 Å². The fraction of sp³-hybridized carbons (Fsp3) is 0. The number of anilines is 1. The smallest absolute Gasteiger partial charge is 0.274 e. The van der Waals surface area contributed by atoms with E-state index >= 15 is 0 Å². The van der Waals surface area contributed by atoms with Gasteiger partial charge < -0.3 is 10.4 Å². The Balaban J connectivity index is 2.14. The van der Waals surface area contributed by atoms with Gasteiger partial charge in [0.2, 0.25) is 5.28 Å². The summed E-state index contributed by atoms with van der Waals surface area (Å²) < 4.78 is 0. The van der Waals surface area contributed by atoms with Gasteiger partial charge in [-0.25, -0.2) is 9.97 Å². The highest BCUT2D eigenvalue weighted by Crippen LogP contribution is 2.14. The third-order valence-electron chi connectivity index (χ3n) is 1.98. The van der Waals surface area contributed by atoms with Crippen molar-refractivity contribution in [1.82, 2.24) is 9.97 Å². The van der Waals surface area contributed by atoms with Crippen molar-refractivity contribution in [2.45, 2.75) is 0 Å². The summed E-state index contributed by atoms with van der Waals surface area (Å²) >= 11 is 5.58. The molecule has 0 unspecified atom stereocenters. The summed E-state index contributed by atoms with van der Waals surface area (Å²) in [6.07, 6.45) is 1.40. The van der Waals surface area contributed by atoms with Gasteiger partial charge in [0.1, 0.15) is 11.4 Å². The zero-order chi connectivity index (χ0) is 12.3. The van der Waals surface area contributed by atoms with Crippen LogP contribution in [0.2, 0.25) is 5.28 Å². The van der Waals surface area contributed by atoms with Crippen LogP contribution < -0.4 is 5.32 Å². The molecule has 6 heteroatoms. The Kier molecular flexibility index (Phi) is 3.20. The van der Waals surface area contributed by atoms with Gasteiger partial charge in [-0.1, -0.05) is 0 Å². The second kappa shape index (κ2) is 4.80. The van der Waals surface area contributed by atoms with Crippen LogP contribution in [-0.2, 0) is 0 Å². The summed E-state index contributed by atoms with van der Waals surface area (Å²) in [5.74, 6) is -0.256. The normalized spacial score (nSPS) is 9.94. The molecule has 0 radical (unpaired) electrons. The molecular weight excluding hydrogens is 242 g/mol. The molecular formula is C11H8ClN3O2. The molecule has 2 rings (SSSR count). The number of hydrogen-bond acceptors (Lipinski definition) is 4. The summed E-state index contributed by atoms with van der Waals surface area (Å²) in [6, 6.07) is 7.57. The number of aromatic hydroxyl groups is 1. The quantitative estimate of drug-likeness (QED) is 0.631. The van der Waals surface area contributed by atoms with E-state index in [4.69, 9.17) is 16.7 Å². The van der Waals surface area contributed by atoms with Gasteiger partial charge in [0.15, 0.2) is 0 Å². The van der Waals surface area contributed by atoms with E-state index in [1.807, 2.05) is 0 Å². The Morgan fingerprint density at radius 1 is 1.24 bits per heavy atom. The molecule has 1 aromatic carbocycles. The average molecular weight is 250 g/mol. The molecule has 0 bridgehead atoms. The Labute approximate surface area is 102 Å². The van der Waals surface area contributed by atoms with E-state index in [0.29, 0.717) is 5.69 Å². The number of amides is 1. The highest BCUT2D eigenvalue weighted by molar-refractivity contribution is 6.28. The first kappa shape index (κ1) is 11.3. The van der Waals surface area contributed by atoms with Crippen LogP contribution in [0.5, 0.6) is 5.75 Å². The second-order valence-electron chi connectivity index (χ2n) is 3.21. The van der Waals surface area contributed by atoms with Gasteiger partial charge >= 0.3 is 0 Å². The molecule has 5 nitrogen and oxygen atoms in total. The van der Waals surface area contributed by atoms with Crippen molar-refractivity contribution in [1.29, 1.82) is 0 Å². The number of rotatable bonds is 2. The van der Waals surface area contributed by atoms with E-state index < -0.39 is 0 Å². The number of aromatic nitrogens is 2. The topological polar surface area (TPSA) is 75.1 Å². The second-order valence-corrected chi connectivity index (χ2v) is 3.55. The molecule has 0 aliphatic carbocycles. The number of carbonyl (C=O) groups excluding carboxylic acids is 1. The molecule has 1 aromatic heterocycles. The molecule has 0 atom stereocenters. The van der Waals surface area contributed by atoms with Gasteiger partial charge in [0.25, 0.3) is 5.91 Å². The monoisotopic (exact) mass is 249 g/mol. The van der Waals surface area contributed by atoms with Crippen molar-refractivity contribution in [3.05, 3.63) is 47.5 Å². The van der Waals surface area contributed by atoms with Crippen LogP contribution in [0, 0.1) is 0 Å². The molecule has 0 aliphatic heterocycles. The predicted octanol–water partition coefficient (Wildman–Crippen LogP) is 2.09. The van der Waals surface area contributed by atoms with E-state index in [9.17, 15) is 4.79 Å². The first-order valence-corrected chi connectivity index (χ1v) is 5.12. The molecule has 86 valence electrons. The molecule has 0 saturated carbocycles. The average Bonchev–Trinajstić information content (AvgIpc) is 2.32. The zero-order valence-corrected chi connectivity index (χ0v) is 9.35. The largest absolute Gasteiger partial charge is 0.508 e. The maximum atomic E-state index is 11.7. The van der Waals surface area contributed by atoms with Gasteiger partial charge in [0, 0.05) is 11.9 Å². The standard InChI is InChI=1S/C11H8ClN3O2/c12-11-13-6-5-9(15-11)10(17)14-7-1-3-8(16)4-2-7/h1-6,16H,(H,14,17). The summed E-state index contributed by atoms with van der Waals surface area (Å²) in [7, 11) is 0. The van der Waals surface area contributed by atoms with E-state index in [1.54, 1.807) is 12.1 Å². The molecule has 0 fully saturated rings. The molecule has 0 saturated heterocycles. The van der Waals surface area contributed by atoms with Crippen LogP contribution >= 0.6 is 11.6 Å². The molecule has 2 aromatic rings. The lowest BCUT2D eigenvalue weighted by molar-refractivity contribution is 0.102. The molecule has 1 heterocycles. The van der Waals surface area contributed by atoms with Gasteiger partial charge in [-0.2, -0.15) is 0 Å². The fourth-order valence-electron chi connectivity index (χ4n) is 1.20. The summed E-state index contributed by atoms with van der Waals surface area (Å²) in [4.78, 5) is 19.2. The van der Waals surface area contributed by atoms with Crippen molar-refractivity contribution >= 4 is 23.2 Å². The molecule has 1 amide bonds. The van der Waals surface area contributed by atoms with Crippen LogP contribution in [0.3, 0.4) is 0 Å².